The van der Waals surface area contributed by atoms with Crippen LogP contribution in [0.15, 0.2) is 96.3 Å². The first kappa shape index (κ1) is 35.4. The molecule has 0 aliphatic carbocycles. The molecule has 2 aromatic heterocycles. The highest BCUT2D eigenvalue weighted by Gasteiger charge is 2.21. The quantitative estimate of drug-likeness (QED) is 0.156. The minimum Gasteiger partial charge on any atom is -0.491 e. The number of aryl methyl sites for hydroxylation is 1. The number of ether oxygens (including phenoxy) is 2. The van der Waals surface area contributed by atoms with Crippen LogP contribution >= 0.6 is 0 Å². The largest absolute Gasteiger partial charge is 0.491 e. The van der Waals surface area contributed by atoms with Gasteiger partial charge in [0.25, 0.3) is 0 Å². The molecule has 1 fully saturated rings. The lowest BCUT2D eigenvalue weighted by Gasteiger charge is -2.37. The third-order valence-electron chi connectivity index (χ3n) is 9.55. The number of benzene rings is 3. The molecule has 12 nitrogen and oxygen atoms in total. The Kier molecular flexibility index (Phi) is 11.5. The van der Waals surface area contributed by atoms with Gasteiger partial charge in [-0.15, -0.1) is 0 Å². The zero-order chi connectivity index (χ0) is 35.7. The van der Waals surface area contributed by atoms with Crippen LogP contribution < -0.4 is 20.2 Å². The first-order chi connectivity index (χ1) is 24.9. The summed E-state index contributed by atoms with van der Waals surface area (Å²) in [4.78, 5) is 17.7. The predicted molar refractivity (Wildman–Crippen MR) is 197 cm³/mol. The number of hydrogen-bond donors (Lipinski definition) is 1. The van der Waals surface area contributed by atoms with Crippen LogP contribution in [-0.2, 0) is 11.3 Å². The molecule has 0 radical (unpaired) electrons. The fourth-order valence-corrected chi connectivity index (χ4v) is 6.57. The van der Waals surface area contributed by atoms with E-state index in [9.17, 15) is 15.2 Å². The smallest absolute Gasteiger partial charge is 0.350 e. The SMILES string of the molecule is CCC(CC)n1ncn(-c2ccc(N3CCN(c4ccc(OC[C@H](O)COC(Cn5cccn5)c5ccc(C#N)cc5C)cc4)CC3)cc2)c1=O. The average molecular weight is 691 g/mol. The number of nitriles is 1. The summed E-state index contributed by atoms with van der Waals surface area (Å²) in [6, 6.07) is 25.8. The normalized spacial score (nSPS) is 14.4. The predicted octanol–water partition coefficient (Wildman–Crippen LogP) is 5.30. The summed E-state index contributed by atoms with van der Waals surface area (Å²) in [5.74, 6) is 0.678. The molecule has 5 aromatic rings. The molecule has 266 valence electrons. The molecule has 0 amide bonds. The highest BCUT2D eigenvalue weighted by Crippen LogP contribution is 2.26. The minimum absolute atomic E-state index is 0.0814. The van der Waals surface area contributed by atoms with Gasteiger partial charge in [0, 0.05) is 49.9 Å². The van der Waals surface area contributed by atoms with Crippen LogP contribution in [0.3, 0.4) is 0 Å². The fourth-order valence-electron chi connectivity index (χ4n) is 6.57. The number of aromatic nitrogens is 5. The minimum atomic E-state index is -0.834. The summed E-state index contributed by atoms with van der Waals surface area (Å²) >= 11 is 0. The third-order valence-corrected chi connectivity index (χ3v) is 9.55. The molecule has 12 heteroatoms. The van der Waals surface area contributed by atoms with Gasteiger partial charge in [-0.25, -0.2) is 14.0 Å². The molecule has 1 aliphatic heterocycles. The van der Waals surface area contributed by atoms with Gasteiger partial charge < -0.3 is 24.4 Å². The van der Waals surface area contributed by atoms with Crippen molar-refractivity contribution in [2.24, 2.45) is 0 Å². The molecule has 0 spiro atoms. The van der Waals surface area contributed by atoms with Crippen LogP contribution in [0.4, 0.5) is 11.4 Å². The van der Waals surface area contributed by atoms with Crippen molar-refractivity contribution >= 4 is 11.4 Å². The molecular weight excluding hydrogens is 644 g/mol. The van der Waals surface area contributed by atoms with Crippen LogP contribution in [-0.4, -0.2) is 74.7 Å². The summed E-state index contributed by atoms with van der Waals surface area (Å²) < 4.78 is 17.1. The van der Waals surface area contributed by atoms with Gasteiger partial charge in [-0.2, -0.15) is 15.5 Å². The van der Waals surface area contributed by atoms with Crippen LogP contribution in [0.2, 0.25) is 0 Å². The maximum absolute atomic E-state index is 13.0. The molecule has 1 aliphatic rings. The number of piperazine rings is 1. The van der Waals surface area contributed by atoms with E-state index in [1.807, 2.05) is 55.6 Å². The molecule has 1 N–H and O–H groups in total. The van der Waals surface area contributed by atoms with Crippen LogP contribution in [0.5, 0.6) is 5.75 Å². The van der Waals surface area contributed by atoms with Crippen LogP contribution in [0, 0.1) is 18.3 Å². The summed E-state index contributed by atoms with van der Waals surface area (Å²) in [5, 5.41) is 28.7. The van der Waals surface area contributed by atoms with E-state index in [1.54, 1.807) is 32.5 Å². The maximum Gasteiger partial charge on any atom is 0.350 e. The lowest BCUT2D eigenvalue weighted by atomic mass is 10.0. The Morgan fingerprint density at radius 2 is 1.53 bits per heavy atom. The van der Waals surface area contributed by atoms with Crippen molar-refractivity contribution in [2.75, 3.05) is 49.2 Å². The monoisotopic (exact) mass is 690 g/mol. The molecule has 51 heavy (non-hydrogen) atoms. The van der Waals surface area contributed by atoms with Crippen molar-refractivity contribution in [3.63, 3.8) is 0 Å². The zero-order valence-electron chi connectivity index (χ0n) is 29.5. The molecule has 6 rings (SSSR count). The van der Waals surface area contributed by atoms with Gasteiger partial charge in [0.2, 0.25) is 0 Å². The van der Waals surface area contributed by atoms with Crippen molar-refractivity contribution in [3.8, 4) is 17.5 Å². The maximum atomic E-state index is 13.0. The van der Waals surface area contributed by atoms with E-state index < -0.39 is 6.10 Å². The highest BCUT2D eigenvalue weighted by molar-refractivity contribution is 5.54. The Labute approximate surface area is 298 Å². The van der Waals surface area contributed by atoms with Gasteiger partial charge in [-0.05, 0) is 97.6 Å². The fraction of sp³-hybridized carbons (Fsp3) is 0.385. The first-order valence-electron chi connectivity index (χ1n) is 17.6. The molecule has 0 saturated carbocycles. The van der Waals surface area contributed by atoms with Crippen LogP contribution in [0.25, 0.3) is 5.69 Å². The summed E-state index contributed by atoms with van der Waals surface area (Å²) in [5.41, 5.74) is 5.45. The van der Waals surface area contributed by atoms with Crippen molar-refractivity contribution in [1.29, 1.82) is 5.26 Å². The number of aliphatic hydroxyl groups is 1. The van der Waals surface area contributed by atoms with Gasteiger partial charge >= 0.3 is 5.69 Å². The Hall–Kier alpha value is -5.38. The third kappa shape index (κ3) is 8.51. The lowest BCUT2D eigenvalue weighted by molar-refractivity contribution is -0.0328. The van der Waals surface area contributed by atoms with E-state index >= 15 is 0 Å². The highest BCUT2D eigenvalue weighted by atomic mass is 16.5. The number of anilines is 2. The van der Waals surface area contributed by atoms with Gasteiger partial charge in [-0.1, -0.05) is 19.9 Å². The van der Waals surface area contributed by atoms with E-state index in [-0.39, 0.29) is 31.0 Å². The number of hydrogen-bond acceptors (Lipinski definition) is 9. The Morgan fingerprint density at radius 3 is 2.12 bits per heavy atom. The van der Waals surface area contributed by atoms with Crippen molar-refractivity contribution in [2.45, 2.75) is 58.4 Å². The van der Waals surface area contributed by atoms with E-state index in [2.05, 4.69) is 64.2 Å². The van der Waals surface area contributed by atoms with Crippen LogP contribution in [0.1, 0.15) is 55.5 Å². The number of rotatable bonds is 15. The van der Waals surface area contributed by atoms with Gasteiger partial charge in [0.15, 0.2) is 0 Å². The van der Waals surface area contributed by atoms with E-state index in [4.69, 9.17) is 9.47 Å². The van der Waals surface area contributed by atoms with Crippen molar-refractivity contribution < 1.29 is 14.6 Å². The second-order valence-electron chi connectivity index (χ2n) is 12.9. The Morgan fingerprint density at radius 1 is 0.882 bits per heavy atom. The van der Waals surface area contributed by atoms with Gasteiger partial charge in [0.1, 0.15) is 30.9 Å². The summed E-state index contributed by atoms with van der Waals surface area (Å²) in [7, 11) is 0. The standard InChI is InChI=1S/C39H46N8O4/c1-4-31(5-2)47-39(49)46(28-42-47)34-10-8-32(9-11-34)43-19-21-44(22-20-43)33-12-14-36(15-13-33)50-26-35(48)27-51-38(25-45-18-6-17-41-45)37-16-7-30(24-40)23-29(37)3/h6-18,23,28,31,35,38,48H,4-5,19-22,25-27H2,1-3H3/t35-,38?/m0/s1. The van der Waals surface area contributed by atoms with Gasteiger partial charge in [0.05, 0.1) is 36.5 Å². The molecular formula is C39H46N8O4. The Bertz CT molecular complexity index is 1930. The zero-order valence-corrected chi connectivity index (χ0v) is 29.5. The molecule has 1 saturated heterocycles. The second-order valence-corrected chi connectivity index (χ2v) is 12.9. The summed E-state index contributed by atoms with van der Waals surface area (Å²) in [6.07, 6.45) is 5.75. The molecule has 3 heterocycles. The first-order valence-corrected chi connectivity index (χ1v) is 17.6. The van der Waals surface area contributed by atoms with E-state index in [1.165, 1.54) is 0 Å². The average Bonchev–Trinajstić information content (AvgIpc) is 3.83. The number of aliphatic hydroxyl groups excluding tert-OH is 1. The molecule has 3 aromatic carbocycles. The second kappa shape index (κ2) is 16.6. The Balaban J connectivity index is 0.975. The van der Waals surface area contributed by atoms with Gasteiger partial charge in [-0.3, -0.25) is 4.68 Å². The van der Waals surface area contributed by atoms with E-state index in [0.717, 1.165) is 67.2 Å². The molecule has 0 bridgehead atoms. The molecule has 1 unspecified atom stereocenters. The topological polar surface area (TPSA) is 127 Å². The lowest BCUT2D eigenvalue weighted by Crippen LogP contribution is -2.46. The van der Waals surface area contributed by atoms with E-state index in [0.29, 0.717) is 17.9 Å². The summed E-state index contributed by atoms with van der Waals surface area (Å²) in [6.45, 7) is 10.2. The van der Waals surface area contributed by atoms with Crippen molar-refractivity contribution in [3.05, 3.63) is 119 Å². The van der Waals surface area contributed by atoms with Crippen molar-refractivity contribution in [1.82, 2.24) is 24.1 Å². The molecule has 2 atom stereocenters. The number of nitrogens with zero attached hydrogens (tertiary/aromatic N) is 8.